The van der Waals surface area contributed by atoms with Gasteiger partial charge < -0.3 is 28.6 Å². The molecule has 4 aromatic heterocycles. The molecule has 0 bridgehead atoms. The highest BCUT2D eigenvalue weighted by molar-refractivity contribution is 6.35. The molecule has 1 amide bonds. The van der Waals surface area contributed by atoms with Crippen molar-refractivity contribution in [2.75, 3.05) is 18.1 Å². The molecule has 292 valence electrons. The Morgan fingerprint density at radius 3 is 2.37 bits per heavy atom. The summed E-state index contributed by atoms with van der Waals surface area (Å²) in [5.74, 6) is 0.128. The minimum atomic E-state index is -1.15. The maximum atomic E-state index is 15.4. The molecule has 13 heteroatoms. The number of carbonyl (C=O) groups is 2. The van der Waals surface area contributed by atoms with E-state index in [-0.39, 0.29) is 24.2 Å². The van der Waals surface area contributed by atoms with E-state index in [0.29, 0.717) is 63.4 Å². The normalized spacial score (nSPS) is 14.2. The van der Waals surface area contributed by atoms with Crippen LogP contribution in [0.1, 0.15) is 68.4 Å². The van der Waals surface area contributed by atoms with Gasteiger partial charge in [-0.15, -0.1) is 0 Å². The number of carbonyl (C=O) groups excluding carboxylic acids is 1. The first-order chi connectivity index (χ1) is 27.3. The first-order valence-corrected chi connectivity index (χ1v) is 19.5. The minimum Gasteiger partial charge on any atom is -0.494 e. The lowest BCUT2D eigenvalue weighted by Crippen LogP contribution is -2.43. The zero-order chi connectivity index (χ0) is 40.4. The maximum absolute atomic E-state index is 15.4. The van der Waals surface area contributed by atoms with Crippen LogP contribution in [0.2, 0.25) is 10.0 Å². The molecule has 8 rings (SSSR count). The highest BCUT2D eigenvalue weighted by Crippen LogP contribution is 2.46. The molecule has 0 radical (unpaired) electrons. The van der Waals surface area contributed by atoms with Crippen molar-refractivity contribution in [3.8, 4) is 28.5 Å². The van der Waals surface area contributed by atoms with Gasteiger partial charge in [-0.1, -0.05) is 35.3 Å². The van der Waals surface area contributed by atoms with Gasteiger partial charge in [0.15, 0.2) is 5.69 Å². The number of nitrogens with zero attached hydrogens (tertiary/aromatic N) is 6. The number of rotatable bonds is 10. The lowest BCUT2D eigenvalue weighted by atomic mass is 9.98. The number of pyridine rings is 1. The predicted octanol–water partition coefficient (Wildman–Crippen LogP) is 10.2. The number of aromatic carboxylic acids is 1. The Balaban J connectivity index is 1.29. The minimum absolute atomic E-state index is 0.000980. The third-order valence-corrected chi connectivity index (χ3v) is 12.0. The molecular weight excluding hydrogens is 763 g/mol. The summed E-state index contributed by atoms with van der Waals surface area (Å²) < 4.78 is 17.9. The van der Waals surface area contributed by atoms with Crippen LogP contribution in [0.15, 0.2) is 66.9 Å². The van der Waals surface area contributed by atoms with Gasteiger partial charge in [-0.2, -0.15) is 5.10 Å². The van der Waals surface area contributed by atoms with E-state index in [1.807, 2.05) is 69.8 Å². The molecular formula is C44H42Cl2N6O5. The molecule has 7 aromatic rings. The van der Waals surface area contributed by atoms with Crippen molar-refractivity contribution in [3.05, 3.63) is 116 Å². The third kappa shape index (κ3) is 6.39. The van der Waals surface area contributed by atoms with Gasteiger partial charge in [0.2, 0.25) is 5.88 Å². The van der Waals surface area contributed by atoms with Gasteiger partial charge in [-0.25, -0.2) is 9.78 Å². The average molecular weight is 806 g/mol. The summed E-state index contributed by atoms with van der Waals surface area (Å²) in [5.41, 5.74) is 8.50. The second-order valence-corrected chi connectivity index (χ2v) is 15.6. The highest BCUT2D eigenvalue weighted by atomic mass is 35.5. The van der Waals surface area contributed by atoms with Crippen LogP contribution in [-0.4, -0.2) is 54.0 Å². The number of hydrogen-bond donors (Lipinski definition) is 1. The quantitative estimate of drug-likeness (QED) is 0.137. The average Bonchev–Trinajstić information content (AvgIpc) is 3.76. The summed E-state index contributed by atoms with van der Waals surface area (Å²) >= 11 is 13.5. The summed E-state index contributed by atoms with van der Waals surface area (Å²) in [4.78, 5) is 34.3. The largest absolute Gasteiger partial charge is 0.494 e. The predicted molar refractivity (Wildman–Crippen MR) is 224 cm³/mol. The van der Waals surface area contributed by atoms with Crippen molar-refractivity contribution in [1.82, 2.24) is 23.9 Å². The molecule has 0 spiro atoms. The second kappa shape index (κ2) is 14.6. The van der Waals surface area contributed by atoms with Gasteiger partial charge in [-0.3, -0.25) is 9.48 Å². The van der Waals surface area contributed by atoms with Crippen LogP contribution < -0.4 is 14.4 Å². The Morgan fingerprint density at radius 2 is 1.70 bits per heavy atom. The lowest BCUT2D eigenvalue weighted by molar-refractivity contribution is 0.0687. The summed E-state index contributed by atoms with van der Waals surface area (Å²) in [5, 5.41) is 18.1. The molecule has 0 saturated heterocycles. The summed E-state index contributed by atoms with van der Waals surface area (Å²) in [6, 6.07) is 18.2. The fraction of sp³-hybridized carbons (Fsp3) is 0.273. The highest BCUT2D eigenvalue weighted by Gasteiger charge is 2.39. The van der Waals surface area contributed by atoms with Crippen LogP contribution >= 0.6 is 23.2 Å². The topological polar surface area (TPSA) is 117 Å². The molecule has 0 unspecified atom stereocenters. The van der Waals surface area contributed by atoms with Crippen molar-refractivity contribution in [3.63, 3.8) is 0 Å². The number of aromatic nitrogens is 5. The standard InChI is InChI=1S/C44H42Cl2N6O5/c1-23-19-29(20-24(2)38(23)46)56-18-10-11-30-31-14-15-33(45)37(36-26(4)48-50(7)27(36)5)39(31)52-25(3)22-51(43(53)41(30)52)40-32-21-28(57-35-12-8-9-17-47-35)13-16-34(32)49(6)42(40)44(54)55/h8-9,12-17,19-21,25H,10-11,18,22H2,1-7H3,(H,54,55)/t25-/m1/s1. The Morgan fingerprint density at radius 1 is 0.947 bits per heavy atom. The number of aryl methyl sites for hydroxylation is 6. The molecule has 0 fully saturated rings. The Kier molecular flexibility index (Phi) is 9.78. The van der Waals surface area contributed by atoms with E-state index in [9.17, 15) is 9.90 Å². The van der Waals surface area contributed by atoms with Crippen molar-refractivity contribution >= 4 is 62.6 Å². The second-order valence-electron chi connectivity index (χ2n) is 14.8. The van der Waals surface area contributed by atoms with Crippen LogP contribution in [0.4, 0.5) is 5.69 Å². The van der Waals surface area contributed by atoms with Gasteiger partial charge in [-0.05, 0) is 107 Å². The maximum Gasteiger partial charge on any atom is 0.354 e. The Labute approximate surface area is 340 Å². The molecule has 3 aromatic carbocycles. The van der Waals surface area contributed by atoms with E-state index in [4.69, 9.17) is 37.8 Å². The van der Waals surface area contributed by atoms with E-state index >= 15 is 4.79 Å². The number of halogens is 2. The summed E-state index contributed by atoms with van der Waals surface area (Å²) in [7, 11) is 3.61. The lowest BCUT2D eigenvalue weighted by Gasteiger charge is -2.34. The fourth-order valence-corrected chi connectivity index (χ4v) is 8.79. The van der Waals surface area contributed by atoms with Gasteiger partial charge in [0.05, 0.1) is 34.0 Å². The molecule has 1 N–H and O–H groups in total. The van der Waals surface area contributed by atoms with E-state index in [2.05, 4.69) is 16.5 Å². The molecule has 1 atom stereocenters. The number of ether oxygens (including phenoxy) is 2. The van der Waals surface area contributed by atoms with Crippen LogP contribution in [-0.2, 0) is 20.5 Å². The monoisotopic (exact) mass is 804 g/mol. The molecule has 57 heavy (non-hydrogen) atoms. The Hall–Kier alpha value is -5.78. The number of amides is 1. The van der Waals surface area contributed by atoms with Crippen LogP contribution in [0, 0.1) is 27.7 Å². The summed E-state index contributed by atoms with van der Waals surface area (Å²) in [6.07, 6.45) is 2.74. The van der Waals surface area contributed by atoms with Crippen molar-refractivity contribution in [2.24, 2.45) is 14.1 Å². The molecule has 1 aliphatic heterocycles. The molecule has 5 heterocycles. The molecule has 0 aliphatic carbocycles. The zero-order valence-electron chi connectivity index (χ0n) is 32.8. The number of carboxylic acids is 1. The van der Waals surface area contributed by atoms with Gasteiger partial charge in [0, 0.05) is 71.6 Å². The van der Waals surface area contributed by atoms with Gasteiger partial charge in [0.1, 0.15) is 17.2 Å². The third-order valence-electron chi connectivity index (χ3n) is 11.0. The van der Waals surface area contributed by atoms with Crippen LogP contribution in [0.3, 0.4) is 0 Å². The smallest absolute Gasteiger partial charge is 0.354 e. The van der Waals surface area contributed by atoms with Crippen molar-refractivity contribution in [2.45, 2.75) is 53.5 Å². The molecule has 1 aliphatic rings. The van der Waals surface area contributed by atoms with Gasteiger partial charge in [0.25, 0.3) is 5.91 Å². The zero-order valence-corrected chi connectivity index (χ0v) is 34.3. The first kappa shape index (κ1) is 38.1. The SMILES string of the molecule is Cc1cc(OCCCc2c3n(c4c(-c5c(C)nn(C)c5C)c(Cl)ccc24)[C@H](C)CN(c2c(C(=O)O)n(C)c4ccc(Oc5ccccn5)cc24)C3=O)cc(C)c1Cl. The number of fused-ring (bicyclic) bond motifs is 4. The summed E-state index contributed by atoms with van der Waals surface area (Å²) in [6.45, 7) is 10.5. The van der Waals surface area contributed by atoms with Crippen molar-refractivity contribution in [1.29, 1.82) is 0 Å². The Bertz CT molecular complexity index is 2740. The van der Waals surface area contributed by atoms with E-state index in [1.165, 1.54) is 0 Å². The van der Waals surface area contributed by atoms with Gasteiger partial charge >= 0.3 is 5.97 Å². The fourth-order valence-electron chi connectivity index (χ4n) is 8.44. The molecule has 0 saturated carbocycles. The number of hydrogen-bond acceptors (Lipinski definition) is 6. The van der Waals surface area contributed by atoms with Crippen molar-refractivity contribution < 1.29 is 24.2 Å². The van der Waals surface area contributed by atoms with E-state index in [1.54, 1.807) is 53.0 Å². The number of anilines is 1. The first-order valence-electron chi connectivity index (χ1n) is 18.8. The van der Waals surface area contributed by atoms with Crippen LogP contribution in [0.25, 0.3) is 32.9 Å². The number of benzene rings is 3. The van der Waals surface area contributed by atoms with E-state index < -0.39 is 5.97 Å². The van der Waals surface area contributed by atoms with E-state index in [0.717, 1.165) is 55.9 Å². The number of carboxylic acid groups (broad SMARTS) is 1. The molecule has 11 nitrogen and oxygen atoms in total. The van der Waals surface area contributed by atoms with Crippen LogP contribution in [0.5, 0.6) is 17.4 Å².